The number of carbonyl (C=O) groups excluding carboxylic acids is 2. The number of hydrogen-bond donors (Lipinski definition) is 1. The fourth-order valence-corrected chi connectivity index (χ4v) is 4.78. The molecule has 0 amide bonds. The van der Waals surface area contributed by atoms with Crippen LogP contribution in [0.5, 0.6) is 5.75 Å². The van der Waals surface area contributed by atoms with Gasteiger partial charge in [-0.05, 0) is 35.1 Å². The van der Waals surface area contributed by atoms with E-state index in [2.05, 4.69) is 19.2 Å². The van der Waals surface area contributed by atoms with Gasteiger partial charge in [-0.25, -0.2) is 4.79 Å². The number of nitrogens with one attached hydrogen (secondary N) is 1. The maximum Gasteiger partial charge on any atom is 0.337 e. The Bertz CT molecular complexity index is 1130. The lowest BCUT2D eigenvalue weighted by Crippen LogP contribution is -2.37. The summed E-state index contributed by atoms with van der Waals surface area (Å²) in [6, 6.07) is 17.7. The van der Waals surface area contributed by atoms with Crippen LogP contribution in [-0.2, 0) is 20.9 Å². The summed E-state index contributed by atoms with van der Waals surface area (Å²) in [5.74, 6) is 0.0159. The van der Waals surface area contributed by atoms with Crippen molar-refractivity contribution in [3.63, 3.8) is 0 Å². The molecule has 5 rings (SSSR count). The van der Waals surface area contributed by atoms with Crippen molar-refractivity contribution in [1.82, 2.24) is 5.32 Å². The van der Waals surface area contributed by atoms with E-state index in [1.165, 1.54) is 0 Å². The Kier molecular flexibility index (Phi) is 4.69. The summed E-state index contributed by atoms with van der Waals surface area (Å²) >= 11 is 0. The van der Waals surface area contributed by atoms with E-state index >= 15 is 0 Å². The van der Waals surface area contributed by atoms with Crippen LogP contribution >= 0.6 is 0 Å². The molecule has 2 aromatic rings. The third kappa shape index (κ3) is 3.65. The molecule has 2 heterocycles. The highest BCUT2D eigenvalue weighted by Crippen LogP contribution is 2.48. The van der Waals surface area contributed by atoms with Crippen LogP contribution in [0, 0.1) is 5.41 Å². The zero-order valence-electron chi connectivity index (χ0n) is 17.7. The molecule has 1 unspecified atom stereocenters. The van der Waals surface area contributed by atoms with Crippen molar-refractivity contribution >= 4 is 11.8 Å². The highest BCUT2D eigenvalue weighted by Gasteiger charge is 2.45. The number of cyclic esters (lactones) is 1. The molecule has 5 nitrogen and oxygen atoms in total. The Morgan fingerprint density at radius 2 is 1.81 bits per heavy atom. The number of hydrogen-bond acceptors (Lipinski definition) is 5. The van der Waals surface area contributed by atoms with Crippen LogP contribution < -0.4 is 10.1 Å². The topological polar surface area (TPSA) is 64.6 Å². The Morgan fingerprint density at radius 3 is 2.61 bits per heavy atom. The van der Waals surface area contributed by atoms with E-state index in [9.17, 15) is 9.59 Å². The molecule has 0 radical (unpaired) electrons. The number of dihydropyridines is 1. The van der Waals surface area contributed by atoms with Gasteiger partial charge >= 0.3 is 5.97 Å². The maximum atomic E-state index is 13.2. The van der Waals surface area contributed by atoms with Gasteiger partial charge in [0.2, 0.25) is 0 Å². The molecule has 31 heavy (non-hydrogen) atoms. The van der Waals surface area contributed by atoms with Crippen molar-refractivity contribution in [2.75, 3.05) is 6.61 Å². The monoisotopic (exact) mass is 415 g/mol. The number of rotatable bonds is 4. The number of benzene rings is 2. The van der Waals surface area contributed by atoms with E-state index in [1.54, 1.807) is 0 Å². The maximum absolute atomic E-state index is 13.2. The van der Waals surface area contributed by atoms with Crippen LogP contribution in [0.1, 0.15) is 43.7 Å². The van der Waals surface area contributed by atoms with Gasteiger partial charge in [-0.2, -0.15) is 0 Å². The predicted octanol–water partition coefficient (Wildman–Crippen LogP) is 4.41. The van der Waals surface area contributed by atoms with Crippen LogP contribution in [0.25, 0.3) is 0 Å². The average Bonchev–Trinajstić information content (AvgIpc) is 3.11. The molecular formula is C26H25NO4. The summed E-state index contributed by atoms with van der Waals surface area (Å²) in [7, 11) is 0. The molecule has 1 N–H and O–H groups in total. The standard InChI is InChI=1S/C26H25NO4/c1-26(2)12-19-23(21(28)13-26)22(24-20(27-19)15-31-25(24)29)17-9-6-10-18(11-17)30-14-16-7-4-3-5-8-16/h3-11,22,27H,12-15H2,1-2H3. The summed E-state index contributed by atoms with van der Waals surface area (Å²) in [5, 5.41) is 3.36. The van der Waals surface area contributed by atoms with Gasteiger partial charge < -0.3 is 14.8 Å². The summed E-state index contributed by atoms with van der Waals surface area (Å²) in [6.45, 7) is 4.88. The van der Waals surface area contributed by atoms with Crippen molar-refractivity contribution in [1.29, 1.82) is 0 Å². The van der Waals surface area contributed by atoms with E-state index in [-0.39, 0.29) is 23.8 Å². The number of allylic oxidation sites excluding steroid dienone is 2. The zero-order chi connectivity index (χ0) is 21.6. The van der Waals surface area contributed by atoms with Crippen molar-refractivity contribution in [2.45, 2.75) is 39.2 Å². The number of carbonyl (C=O) groups is 2. The van der Waals surface area contributed by atoms with E-state index in [4.69, 9.17) is 9.47 Å². The minimum absolute atomic E-state index is 0.0885. The second kappa shape index (κ2) is 7.41. The quantitative estimate of drug-likeness (QED) is 0.750. The Morgan fingerprint density at radius 1 is 1.00 bits per heavy atom. The molecule has 158 valence electrons. The molecule has 5 heteroatoms. The third-order valence-corrected chi connectivity index (χ3v) is 6.13. The Balaban J connectivity index is 1.52. The normalized spacial score (nSPS) is 21.9. The average molecular weight is 415 g/mol. The van der Waals surface area contributed by atoms with Gasteiger partial charge in [0.1, 0.15) is 19.0 Å². The second-order valence-corrected chi connectivity index (χ2v) is 9.21. The first-order valence-corrected chi connectivity index (χ1v) is 10.6. The minimum atomic E-state index is -0.426. The number of ketones is 1. The number of Topliss-reactive ketones (excluding diaryl/α,β-unsaturated/α-hetero) is 1. The van der Waals surface area contributed by atoms with Gasteiger partial charge in [0.25, 0.3) is 0 Å². The second-order valence-electron chi connectivity index (χ2n) is 9.21. The van der Waals surface area contributed by atoms with Gasteiger partial charge in [0.05, 0.1) is 11.3 Å². The third-order valence-electron chi connectivity index (χ3n) is 6.13. The molecule has 0 spiro atoms. The van der Waals surface area contributed by atoms with Gasteiger partial charge in [0.15, 0.2) is 5.78 Å². The van der Waals surface area contributed by atoms with Gasteiger partial charge in [-0.15, -0.1) is 0 Å². The summed E-state index contributed by atoms with van der Waals surface area (Å²) < 4.78 is 11.3. The predicted molar refractivity (Wildman–Crippen MR) is 116 cm³/mol. The first kappa shape index (κ1) is 19.6. The first-order valence-electron chi connectivity index (χ1n) is 10.6. The molecule has 3 aliphatic rings. The fourth-order valence-electron chi connectivity index (χ4n) is 4.78. The lowest BCUT2D eigenvalue weighted by atomic mass is 9.69. The van der Waals surface area contributed by atoms with Crippen LogP contribution in [0.15, 0.2) is 77.1 Å². The van der Waals surface area contributed by atoms with E-state index in [1.807, 2.05) is 54.6 Å². The molecule has 0 fully saturated rings. The smallest absolute Gasteiger partial charge is 0.337 e. The highest BCUT2D eigenvalue weighted by atomic mass is 16.5. The molecule has 0 saturated carbocycles. The van der Waals surface area contributed by atoms with Crippen molar-refractivity contribution in [3.05, 3.63) is 88.3 Å². The van der Waals surface area contributed by atoms with Crippen molar-refractivity contribution < 1.29 is 19.1 Å². The molecule has 0 saturated heterocycles. The lowest BCUT2D eigenvalue weighted by molar-refractivity contribution is -0.136. The van der Waals surface area contributed by atoms with Gasteiger partial charge in [-0.1, -0.05) is 56.3 Å². The molecule has 0 aromatic heterocycles. The molecule has 1 aliphatic carbocycles. The summed E-state index contributed by atoms with van der Waals surface area (Å²) in [4.78, 5) is 25.8. The Hall–Kier alpha value is -3.34. The van der Waals surface area contributed by atoms with Crippen molar-refractivity contribution in [3.8, 4) is 5.75 Å². The molecular weight excluding hydrogens is 390 g/mol. The van der Waals surface area contributed by atoms with Crippen LogP contribution in [0.4, 0.5) is 0 Å². The van der Waals surface area contributed by atoms with Crippen LogP contribution in [0.3, 0.4) is 0 Å². The zero-order valence-corrected chi connectivity index (χ0v) is 17.7. The summed E-state index contributed by atoms with van der Waals surface area (Å²) in [6.07, 6.45) is 1.23. The molecule has 2 aromatic carbocycles. The van der Waals surface area contributed by atoms with Crippen LogP contribution in [-0.4, -0.2) is 18.4 Å². The van der Waals surface area contributed by atoms with E-state index in [0.29, 0.717) is 29.9 Å². The highest BCUT2D eigenvalue weighted by molar-refractivity contribution is 6.05. The van der Waals surface area contributed by atoms with Gasteiger partial charge in [0, 0.05) is 23.6 Å². The number of esters is 1. The van der Waals surface area contributed by atoms with Crippen LogP contribution in [0.2, 0.25) is 0 Å². The Labute approximate surface area is 181 Å². The van der Waals surface area contributed by atoms with Gasteiger partial charge in [-0.3, -0.25) is 4.79 Å². The molecule has 2 aliphatic heterocycles. The SMILES string of the molecule is CC1(C)CC(=O)C2=C(C1)NC1=C(C(=O)OC1)C2c1cccc(OCc2ccccc2)c1. The summed E-state index contributed by atoms with van der Waals surface area (Å²) in [5.41, 5.74) is 4.76. The minimum Gasteiger partial charge on any atom is -0.489 e. The molecule has 0 bridgehead atoms. The lowest BCUT2D eigenvalue weighted by Gasteiger charge is -2.38. The van der Waals surface area contributed by atoms with E-state index in [0.717, 1.165) is 28.9 Å². The number of ether oxygens (including phenoxy) is 2. The van der Waals surface area contributed by atoms with E-state index < -0.39 is 5.92 Å². The largest absolute Gasteiger partial charge is 0.489 e. The first-order chi connectivity index (χ1) is 14.9. The molecule has 1 atom stereocenters. The fraction of sp³-hybridized carbons (Fsp3) is 0.308. The van der Waals surface area contributed by atoms with Crippen molar-refractivity contribution in [2.24, 2.45) is 5.41 Å².